The SMILES string of the molecule is CCOC(=O)[C@@H](c1ccccc1)c1ccc(COc2ccc(N3C(=O)[C@@H]4[C@H](C3=O)[C@H]3C=C[C@H]4C3)cc2)cc1. The molecule has 192 valence electrons. The van der Waals surface area contributed by atoms with Gasteiger partial charge in [0.15, 0.2) is 0 Å². The Kier molecular flexibility index (Phi) is 6.32. The van der Waals surface area contributed by atoms with Crippen LogP contribution in [0.25, 0.3) is 0 Å². The Morgan fingerprint density at radius 2 is 1.45 bits per heavy atom. The standard InChI is InChI=1S/C32H29NO5/c1-2-37-32(36)27(21-6-4-3-5-7-21)22-10-8-20(9-11-22)19-38-26-16-14-25(15-17-26)33-30(34)28-23-12-13-24(18-23)29(28)31(33)35/h3-17,23-24,27-29H,2,18-19H2,1H3/t23-,24-,27-,28-,29+/m0/s1. The summed E-state index contributed by atoms with van der Waals surface area (Å²) < 4.78 is 11.3. The van der Waals surface area contributed by atoms with Crippen LogP contribution in [0.4, 0.5) is 5.69 Å². The molecule has 2 bridgehead atoms. The molecule has 6 rings (SSSR count). The topological polar surface area (TPSA) is 72.9 Å². The van der Waals surface area contributed by atoms with Gasteiger partial charge in [-0.25, -0.2) is 0 Å². The number of nitrogens with zero attached hydrogens (tertiary/aromatic N) is 1. The first kappa shape index (κ1) is 24.2. The van der Waals surface area contributed by atoms with Gasteiger partial charge in [-0.15, -0.1) is 0 Å². The van der Waals surface area contributed by atoms with Crippen LogP contribution in [0.1, 0.15) is 36.0 Å². The Bertz CT molecular complexity index is 1350. The second-order valence-corrected chi connectivity index (χ2v) is 10.1. The zero-order chi connectivity index (χ0) is 26.2. The molecular weight excluding hydrogens is 478 g/mol. The lowest BCUT2D eigenvalue weighted by atomic mass is 9.85. The van der Waals surface area contributed by atoms with Crippen LogP contribution in [-0.4, -0.2) is 24.4 Å². The van der Waals surface area contributed by atoms with Gasteiger partial charge in [-0.1, -0.05) is 66.7 Å². The maximum atomic E-state index is 13.0. The van der Waals surface area contributed by atoms with Crippen LogP contribution in [-0.2, 0) is 25.7 Å². The number of benzene rings is 3. The van der Waals surface area contributed by atoms with Crippen molar-refractivity contribution in [1.29, 1.82) is 0 Å². The number of anilines is 1. The Morgan fingerprint density at radius 3 is 2.05 bits per heavy atom. The van der Waals surface area contributed by atoms with Crippen LogP contribution in [0.5, 0.6) is 5.75 Å². The normalized spacial score (nSPS) is 24.0. The summed E-state index contributed by atoms with van der Waals surface area (Å²) in [5.74, 6) is -0.299. The van der Waals surface area contributed by atoms with Gasteiger partial charge in [-0.2, -0.15) is 0 Å². The second-order valence-electron chi connectivity index (χ2n) is 10.1. The number of carbonyl (C=O) groups is 3. The lowest BCUT2D eigenvalue weighted by Crippen LogP contribution is -2.32. The molecule has 1 saturated carbocycles. The summed E-state index contributed by atoms with van der Waals surface area (Å²) in [6.45, 7) is 2.47. The van der Waals surface area contributed by atoms with Crippen molar-refractivity contribution in [3.8, 4) is 5.75 Å². The summed E-state index contributed by atoms with van der Waals surface area (Å²) in [4.78, 5) is 40.1. The third kappa shape index (κ3) is 4.20. The molecule has 2 amide bonds. The van der Waals surface area contributed by atoms with Crippen LogP contribution < -0.4 is 9.64 Å². The Hall–Kier alpha value is -4.19. The minimum Gasteiger partial charge on any atom is -0.489 e. The lowest BCUT2D eigenvalue weighted by Gasteiger charge is -2.18. The number of amides is 2. The average Bonchev–Trinajstić information content (AvgIpc) is 3.63. The lowest BCUT2D eigenvalue weighted by molar-refractivity contribution is -0.143. The van der Waals surface area contributed by atoms with Crippen molar-refractivity contribution in [2.75, 3.05) is 11.5 Å². The third-order valence-electron chi connectivity index (χ3n) is 7.94. The molecule has 1 saturated heterocycles. The molecule has 0 aromatic heterocycles. The maximum Gasteiger partial charge on any atom is 0.317 e. The third-order valence-corrected chi connectivity index (χ3v) is 7.94. The van der Waals surface area contributed by atoms with Gasteiger partial charge >= 0.3 is 5.97 Å². The molecule has 0 radical (unpaired) electrons. The minimum absolute atomic E-state index is 0.0813. The highest BCUT2D eigenvalue weighted by atomic mass is 16.5. The number of hydrogen-bond acceptors (Lipinski definition) is 5. The number of esters is 1. The maximum absolute atomic E-state index is 13.0. The molecule has 0 unspecified atom stereocenters. The van der Waals surface area contributed by atoms with E-state index in [9.17, 15) is 14.4 Å². The van der Waals surface area contributed by atoms with Crippen molar-refractivity contribution < 1.29 is 23.9 Å². The monoisotopic (exact) mass is 507 g/mol. The van der Waals surface area contributed by atoms with E-state index in [0.29, 0.717) is 24.7 Å². The van der Waals surface area contributed by atoms with Gasteiger partial charge in [0.25, 0.3) is 0 Å². The van der Waals surface area contributed by atoms with E-state index in [-0.39, 0.29) is 41.5 Å². The highest BCUT2D eigenvalue weighted by molar-refractivity contribution is 6.22. The fraction of sp³-hybridized carbons (Fsp3) is 0.281. The molecule has 1 aliphatic heterocycles. The van der Waals surface area contributed by atoms with E-state index in [0.717, 1.165) is 23.1 Å². The Balaban J connectivity index is 1.11. The smallest absolute Gasteiger partial charge is 0.317 e. The van der Waals surface area contributed by atoms with E-state index in [2.05, 4.69) is 12.2 Å². The Labute approximate surface area is 221 Å². The van der Waals surface area contributed by atoms with Crippen molar-refractivity contribution in [2.45, 2.75) is 25.9 Å². The minimum atomic E-state index is -0.486. The predicted octanol–water partition coefficient (Wildman–Crippen LogP) is 5.27. The molecule has 3 aliphatic rings. The second kappa shape index (κ2) is 9.93. The molecule has 38 heavy (non-hydrogen) atoms. The van der Waals surface area contributed by atoms with Crippen LogP contribution in [0, 0.1) is 23.7 Å². The van der Waals surface area contributed by atoms with Crippen LogP contribution in [0.2, 0.25) is 0 Å². The van der Waals surface area contributed by atoms with E-state index >= 15 is 0 Å². The predicted molar refractivity (Wildman–Crippen MR) is 142 cm³/mol. The zero-order valence-corrected chi connectivity index (χ0v) is 21.2. The number of carbonyl (C=O) groups excluding carboxylic acids is 3. The van der Waals surface area contributed by atoms with Gasteiger partial charge < -0.3 is 9.47 Å². The van der Waals surface area contributed by atoms with Gasteiger partial charge in [-0.3, -0.25) is 19.3 Å². The number of fused-ring (bicyclic) bond motifs is 5. The van der Waals surface area contributed by atoms with Crippen LogP contribution >= 0.6 is 0 Å². The fourth-order valence-corrected chi connectivity index (χ4v) is 6.16. The number of allylic oxidation sites excluding steroid dienone is 2. The molecule has 0 N–H and O–H groups in total. The van der Waals surface area contributed by atoms with Crippen molar-refractivity contribution in [3.05, 3.63) is 108 Å². The molecular formula is C32H29NO5. The van der Waals surface area contributed by atoms with Gasteiger partial charge in [-0.05, 0) is 66.1 Å². The van der Waals surface area contributed by atoms with E-state index < -0.39 is 5.92 Å². The van der Waals surface area contributed by atoms with E-state index in [1.54, 1.807) is 31.2 Å². The molecule has 3 aromatic carbocycles. The molecule has 1 heterocycles. The van der Waals surface area contributed by atoms with Crippen molar-refractivity contribution >= 4 is 23.5 Å². The number of ether oxygens (including phenoxy) is 2. The number of imide groups is 1. The summed E-state index contributed by atoms with van der Waals surface area (Å²) in [5, 5.41) is 0. The first-order valence-corrected chi connectivity index (χ1v) is 13.1. The summed E-state index contributed by atoms with van der Waals surface area (Å²) in [5.41, 5.74) is 3.29. The largest absolute Gasteiger partial charge is 0.489 e. The quantitative estimate of drug-likeness (QED) is 0.236. The van der Waals surface area contributed by atoms with Crippen molar-refractivity contribution in [1.82, 2.24) is 0 Å². The number of hydrogen-bond donors (Lipinski definition) is 0. The van der Waals surface area contributed by atoms with Gasteiger partial charge in [0.1, 0.15) is 18.3 Å². The summed E-state index contributed by atoms with van der Waals surface area (Å²) in [7, 11) is 0. The molecule has 6 nitrogen and oxygen atoms in total. The first-order valence-electron chi connectivity index (χ1n) is 13.1. The van der Waals surface area contributed by atoms with E-state index in [1.165, 1.54) is 4.90 Å². The average molecular weight is 508 g/mol. The van der Waals surface area contributed by atoms with Gasteiger partial charge in [0.05, 0.1) is 24.1 Å². The highest BCUT2D eigenvalue weighted by Gasteiger charge is 2.59. The summed E-state index contributed by atoms with van der Waals surface area (Å²) in [6.07, 6.45) is 5.12. The fourth-order valence-electron chi connectivity index (χ4n) is 6.16. The zero-order valence-electron chi connectivity index (χ0n) is 21.2. The Morgan fingerprint density at radius 1 is 0.842 bits per heavy atom. The molecule has 0 spiro atoms. The van der Waals surface area contributed by atoms with Crippen molar-refractivity contribution in [3.63, 3.8) is 0 Å². The first-order chi connectivity index (χ1) is 18.5. The highest BCUT2D eigenvalue weighted by Crippen LogP contribution is 2.53. The van der Waals surface area contributed by atoms with Crippen LogP contribution in [0.3, 0.4) is 0 Å². The van der Waals surface area contributed by atoms with Gasteiger partial charge in [0, 0.05) is 0 Å². The van der Waals surface area contributed by atoms with Crippen LogP contribution in [0.15, 0.2) is 91.0 Å². The van der Waals surface area contributed by atoms with E-state index in [1.807, 2.05) is 54.6 Å². The summed E-state index contributed by atoms with van der Waals surface area (Å²) in [6, 6.07) is 24.5. The molecule has 2 aliphatic carbocycles. The molecule has 3 aromatic rings. The summed E-state index contributed by atoms with van der Waals surface area (Å²) >= 11 is 0. The molecule has 6 heteroatoms. The molecule has 2 fully saturated rings. The molecule has 5 atom stereocenters. The number of rotatable bonds is 8. The van der Waals surface area contributed by atoms with Crippen molar-refractivity contribution in [2.24, 2.45) is 23.7 Å². The van der Waals surface area contributed by atoms with E-state index in [4.69, 9.17) is 9.47 Å². The van der Waals surface area contributed by atoms with Gasteiger partial charge in [0.2, 0.25) is 11.8 Å².